The summed E-state index contributed by atoms with van der Waals surface area (Å²) in [5, 5.41) is 3.19. The second kappa shape index (κ2) is 7.00. The van der Waals surface area contributed by atoms with Gasteiger partial charge in [0.15, 0.2) is 0 Å². The van der Waals surface area contributed by atoms with Crippen molar-refractivity contribution in [3.05, 3.63) is 17.0 Å². The smallest absolute Gasteiger partial charge is 0.250 e. The lowest BCUT2D eigenvalue weighted by Crippen LogP contribution is -2.40. The van der Waals surface area contributed by atoms with E-state index in [0.29, 0.717) is 10.8 Å². The molecule has 2 heterocycles. The minimum Gasteiger partial charge on any atom is -0.377 e. The van der Waals surface area contributed by atoms with Gasteiger partial charge in [0.1, 0.15) is 4.21 Å². The fourth-order valence-electron chi connectivity index (χ4n) is 2.22. The minimum atomic E-state index is -3.44. The van der Waals surface area contributed by atoms with Gasteiger partial charge in [-0.15, -0.1) is 11.3 Å². The van der Waals surface area contributed by atoms with Crippen molar-refractivity contribution in [2.45, 2.75) is 49.6 Å². The van der Waals surface area contributed by atoms with Gasteiger partial charge in [0.05, 0.1) is 6.10 Å². The minimum absolute atomic E-state index is 0.00837. The molecule has 0 radical (unpaired) electrons. The molecule has 2 atom stereocenters. The van der Waals surface area contributed by atoms with Crippen LogP contribution in [0.25, 0.3) is 0 Å². The molecule has 2 rings (SSSR count). The molecule has 1 aromatic heterocycles. The monoisotopic (exact) mass is 318 g/mol. The first-order valence-corrected chi connectivity index (χ1v) is 9.26. The first kappa shape index (κ1) is 15.9. The molecule has 1 aromatic rings. The predicted molar refractivity (Wildman–Crippen MR) is 80.5 cm³/mol. The summed E-state index contributed by atoms with van der Waals surface area (Å²) in [6.07, 6.45) is 1.91. The van der Waals surface area contributed by atoms with Gasteiger partial charge in [0.25, 0.3) is 0 Å². The molecule has 1 saturated heterocycles. The maximum absolute atomic E-state index is 12.3. The van der Waals surface area contributed by atoms with Gasteiger partial charge in [-0.2, -0.15) is 0 Å². The average Bonchev–Trinajstić information content (AvgIpc) is 3.07. The van der Waals surface area contributed by atoms with E-state index in [9.17, 15) is 8.42 Å². The number of rotatable bonds is 7. The molecule has 7 heteroatoms. The highest BCUT2D eigenvalue weighted by Crippen LogP contribution is 2.23. The molecular weight excluding hydrogens is 296 g/mol. The van der Waals surface area contributed by atoms with E-state index in [0.717, 1.165) is 30.9 Å². The molecule has 114 valence electrons. The Bertz CT molecular complexity index is 521. The first-order chi connectivity index (χ1) is 9.53. The number of hydrogen-bond donors (Lipinski definition) is 2. The summed E-state index contributed by atoms with van der Waals surface area (Å²) >= 11 is 1.31. The van der Waals surface area contributed by atoms with Crippen molar-refractivity contribution < 1.29 is 13.2 Å². The molecular formula is C13H22N2O3S2. The van der Waals surface area contributed by atoms with Crippen LogP contribution in [0.1, 0.15) is 31.6 Å². The van der Waals surface area contributed by atoms with E-state index >= 15 is 0 Å². The van der Waals surface area contributed by atoms with Crippen LogP contribution >= 0.6 is 11.3 Å². The van der Waals surface area contributed by atoms with Gasteiger partial charge in [-0.25, -0.2) is 13.1 Å². The third-order valence-corrected chi connectivity index (χ3v) is 6.45. The van der Waals surface area contributed by atoms with Crippen LogP contribution in [0, 0.1) is 0 Å². The van der Waals surface area contributed by atoms with Crippen molar-refractivity contribution in [3.8, 4) is 0 Å². The molecule has 0 saturated carbocycles. The number of nitrogens with one attached hydrogen (secondary N) is 2. The van der Waals surface area contributed by atoms with E-state index in [4.69, 9.17) is 4.74 Å². The summed E-state index contributed by atoms with van der Waals surface area (Å²) in [6, 6.07) is 3.34. The van der Waals surface area contributed by atoms with Crippen molar-refractivity contribution in [3.63, 3.8) is 0 Å². The van der Waals surface area contributed by atoms with Crippen LogP contribution in [-0.4, -0.2) is 33.7 Å². The molecule has 20 heavy (non-hydrogen) atoms. The highest BCUT2D eigenvalue weighted by molar-refractivity contribution is 7.91. The van der Waals surface area contributed by atoms with E-state index in [1.807, 2.05) is 19.9 Å². The molecule has 0 amide bonds. The fourth-order valence-corrected chi connectivity index (χ4v) is 4.84. The number of ether oxygens (including phenoxy) is 1. The summed E-state index contributed by atoms with van der Waals surface area (Å²) < 4.78 is 33.2. The van der Waals surface area contributed by atoms with Gasteiger partial charge in [-0.1, -0.05) is 6.92 Å². The van der Waals surface area contributed by atoms with E-state index in [1.165, 1.54) is 11.3 Å². The van der Waals surface area contributed by atoms with Crippen molar-refractivity contribution >= 4 is 21.4 Å². The van der Waals surface area contributed by atoms with E-state index in [1.54, 1.807) is 6.07 Å². The highest BCUT2D eigenvalue weighted by atomic mass is 32.2. The molecule has 0 spiro atoms. The Morgan fingerprint density at radius 3 is 2.95 bits per heavy atom. The molecule has 2 unspecified atom stereocenters. The fraction of sp³-hybridized carbons (Fsp3) is 0.692. The van der Waals surface area contributed by atoms with Gasteiger partial charge in [-0.3, -0.25) is 0 Å². The molecule has 1 aliphatic rings. The summed E-state index contributed by atoms with van der Waals surface area (Å²) in [4.78, 5) is 1.02. The first-order valence-electron chi connectivity index (χ1n) is 6.96. The zero-order chi connectivity index (χ0) is 14.6. The Balaban J connectivity index is 2.00. The second-order valence-corrected chi connectivity index (χ2v) is 8.07. The number of thiophene rings is 1. The lowest BCUT2D eigenvalue weighted by Gasteiger charge is -2.19. The van der Waals surface area contributed by atoms with E-state index in [2.05, 4.69) is 10.0 Å². The second-order valence-electron chi connectivity index (χ2n) is 4.96. The molecule has 0 aromatic carbocycles. The van der Waals surface area contributed by atoms with Gasteiger partial charge >= 0.3 is 0 Å². The van der Waals surface area contributed by atoms with Crippen LogP contribution in [0.5, 0.6) is 0 Å². The van der Waals surface area contributed by atoms with Crippen LogP contribution in [0.3, 0.4) is 0 Å². The Labute approximate surface area is 124 Å². The lowest BCUT2D eigenvalue weighted by atomic mass is 10.1. The highest BCUT2D eigenvalue weighted by Gasteiger charge is 2.27. The van der Waals surface area contributed by atoms with Crippen molar-refractivity contribution in [1.29, 1.82) is 0 Å². The standard InChI is InChI=1S/C13H22N2O3S2/c1-3-14-9-11-6-7-13(19-11)20(16,17)15-10(2)12-5-4-8-18-12/h6-7,10,12,14-15H,3-5,8-9H2,1-2H3. The van der Waals surface area contributed by atoms with Crippen molar-refractivity contribution in [2.75, 3.05) is 13.2 Å². The average molecular weight is 318 g/mol. The van der Waals surface area contributed by atoms with E-state index in [-0.39, 0.29) is 12.1 Å². The van der Waals surface area contributed by atoms with Gasteiger partial charge in [0, 0.05) is 24.1 Å². The quantitative estimate of drug-likeness (QED) is 0.803. The van der Waals surface area contributed by atoms with Gasteiger partial charge < -0.3 is 10.1 Å². The summed E-state index contributed by atoms with van der Waals surface area (Å²) in [7, 11) is -3.44. The molecule has 0 bridgehead atoms. The van der Waals surface area contributed by atoms with Crippen LogP contribution in [0.4, 0.5) is 0 Å². The zero-order valence-corrected chi connectivity index (χ0v) is 13.5. The number of sulfonamides is 1. The molecule has 2 N–H and O–H groups in total. The van der Waals surface area contributed by atoms with Crippen LogP contribution in [0.2, 0.25) is 0 Å². The van der Waals surface area contributed by atoms with Crippen LogP contribution < -0.4 is 10.0 Å². The third-order valence-electron chi connectivity index (χ3n) is 3.31. The lowest BCUT2D eigenvalue weighted by molar-refractivity contribution is 0.0902. The third kappa shape index (κ3) is 4.02. The summed E-state index contributed by atoms with van der Waals surface area (Å²) in [5.74, 6) is 0. The molecule has 1 fully saturated rings. The maximum atomic E-state index is 12.3. The summed E-state index contributed by atoms with van der Waals surface area (Å²) in [5.41, 5.74) is 0. The van der Waals surface area contributed by atoms with Crippen molar-refractivity contribution in [2.24, 2.45) is 0 Å². The SMILES string of the molecule is CCNCc1ccc(S(=O)(=O)NC(C)C2CCCO2)s1. The van der Waals surface area contributed by atoms with Crippen LogP contribution in [-0.2, 0) is 21.3 Å². The van der Waals surface area contributed by atoms with Gasteiger partial charge in [0.2, 0.25) is 10.0 Å². The Kier molecular flexibility index (Phi) is 5.57. The van der Waals surface area contributed by atoms with Gasteiger partial charge in [-0.05, 0) is 38.4 Å². The number of hydrogen-bond acceptors (Lipinski definition) is 5. The Morgan fingerprint density at radius 1 is 1.50 bits per heavy atom. The Morgan fingerprint density at radius 2 is 2.30 bits per heavy atom. The van der Waals surface area contributed by atoms with Crippen LogP contribution in [0.15, 0.2) is 16.3 Å². The van der Waals surface area contributed by atoms with E-state index < -0.39 is 10.0 Å². The normalized spacial score (nSPS) is 21.2. The molecule has 5 nitrogen and oxygen atoms in total. The maximum Gasteiger partial charge on any atom is 0.250 e. The molecule has 1 aliphatic heterocycles. The largest absolute Gasteiger partial charge is 0.377 e. The zero-order valence-electron chi connectivity index (χ0n) is 11.9. The summed E-state index contributed by atoms with van der Waals surface area (Å²) in [6.45, 7) is 6.19. The topological polar surface area (TPSA) is 67.4 Å². The molecule has 0 aliphatic carbocycles. The van der Waals surface area contributed by atoms with Crippen molar-refractivity contribution in [1.82, 2.24) is 10.0 Å². The Hall–Kier alpha value is -0.470. The predicted octanol–water partition coefficient (Wildman–Crippen LogP) is 1.70.